The summed E-state index contributed by atoms with van der Waals surface area (Å²) in [6.07, 6.45) is 3.34. The molecule has 7 heteroatoms. The molecule has 0 aliphatic carbocycles. The van der Waals surface area contributed by atoms with Crippen LogP contribution in [0.2, 0.25) is 5.02 Å². The van der Waals surface area contributed by atoms with Gasteiger partial charge in [0.2, 0.25) is 5.91 Å². The minimum absolute atomic E-state index is 0.113. The van der Waals surface area contributed by atoms with E-state index in [9.17, 15) is 4.79 Å². The van der Waals surface area contributed by atoms with Crippen molar-refractivity contribution in [3.63, 3.8) is 0 Å². The highest BCUT2D eigenvalue weighted by molar-refractivity contribution is 7.98. The predicted molar refractivity (Wildman–Crippen MR) is 90.1 cm³/mol. The maximum absolute atomic E-state index is 11.8. The van der Waals surface area contributed by atoms with Crippen molar-refractivity contribution in [1.29, 1.82) is 0 Å². The zero-order valence-electron chi connectivity index (χ0n) is 12.6. The molecule has 5 nitrogen and oxygen atoms in total. The summed E-state index contributed by atoms with van der Waals surface area (Å²) in [4.78, 5) is 11.8. The number of ether oxygens (including phenoxy) is 2. The first-order chi connectivity index (χ1) is 10.6. The van der Waals surface area contributed by atoms with Gasteiger partial charge in [-0.05, 0) is 42.5 Å². The van der Waals surface area contributed by atoms with Crippen LogP contribution in [0.25, 0.3) is 0 Å². The number of benzene rings is 1. The Morgan fingerprint density at radius 1 is 1.45 bits per heavy atom. The van der Waals surface area contributed by atoms with Crippen molar-refractivity contribution in [1.82, 2.24) is 5.32 Å². The Kier molecular flexibility index (Phi) is 6.67. The topological polar surface area (TPSA) is 73.6 Å². The van der Waals surface area contributed by atoms with Crippen LogP contribution in [-0.4, -0.2) is 43.7 Å². The number of thioether (sulfide) groups is 1. The van der Waals surface area contributed by atoms with Gasteiger partial charge in [-0.2, -0.15) is 11.8 Å². The molecule has 1 amide bonds. The number of rotatable bonds is 7. The average molecular weight is 345 g/mol. The van der Waals surface area contributed by atoms with Crippen molar-refractivity contribution in [2.75, 3.05) is 31.8 Å². The molecule has 1 atom stereocenters. The first kappa shape index (κ1) is 17.2. The first-order valence-electron chi connectivity index (χ1n) is 7.22. The Morgan fingerprint density at radius 3 is 3.00 bits per heavy atom. The Bertz CT molecular complexity index is 528. The molecule has 0 spiro atoms. The van der Waals surface area contributed by atoms with Crippen molar-refractivity contribution in [3.8, 4) is 11.5 Å². The van der Waals surface area contributed by atoms with Crippen molar-refractivity contribution >= 4 is 29.3 Å². The van der Waals surface area contributed by atoms with Gasteiger partial charge in [0.1, 0.15) is 13.2 Å². The molecule has 0 aromatic heterocycles. The lowest BCUT2D eigenvalue weighted by Gasteiger charge is -2.20. The van der Waals surface area contributed by atoms with E-state index in [0.717, 1.165) is 11.3 Å². The molecule has 122 valence electrons. The van der Waals surface area contributed by atoms with Gasteiger partial charge in [-0.25, -0.2) is 0 Å². The van der Waals surface area contributed by atoms with Gasteiger partial charge in [0.05, 0.1) is 11.1 Å². The van der Waals surface area contributed by atoms with E-state index in [0.29, 0.717) is 49.1 Å². The van der Waals surface area contributed by atoms with E-state index >= 15 is 0 Å². The summed E-state index contributed by atoms with van der Waals surface area (Å²) >= 11 is 7.86. The quantitative estimate of drug-likeness (QED) is 0.789. The van der Waals surface area contributed by atoms with Crippen LogP contribution in [0.15, 0.2) is 12.1 Å². The lowest BCUT2D eigenvalue weighted by molar-refractivity contribution is -0.122. The van der Waals surface area contributed by atoms with Gasteiger partial charge < -0.3 is 20.5 Å². The van der Waals surface area contributed by atoms with Crippen molar-refractivity contribution in [2.24, 2.45) is 5.73 Å². The van der Waals surface area contributed by atoms with E-state index in [1.807, 2.05) is 18.4 Å². The van der Waals surface area contributed by atoms with Crippen LogP contribution in [0.4, 0.5) is 0 Å². The largest absolute Gasteiger partial charge is 0.486 e. The number of carbonyl (C=O) groups excluding carboxylic acids is 1. The molecule has 0 unspecified atom stereocenters. The molecule has 0 saturated heterocycles. The highest BCUT2D eigenvalue weighted by Gasteiger charge is 2.17. The fraction of sp³-hybridized carbons (Fsp3) is 0.533. The molecule has 1 aromatic rings. The van der Waals surface area contributed by atoms with Crippen molar-refractivity contribution < 1.29 is 14.3 Å². The average Bonchev–Trinajstić information content (AvgIpc) is 2.52. The highest BCUT2D eigenvalue weighted by Crippen LogP contribution is 2.38. The number of halogens is 1. The Labute approximate surface area is 139 Å². The molecule has 2 rings (SSSR count). The second-order valence-corrected chi connectivity index (χ2v) is 6.42. The monoisotopic (exact) mass is 344 g/mol. The summed E-state index contributed by atoms with van der Waals surface area (Å²) in [5.41, 5.74) is 6.81. The fourth-order valence-electron chi connectivity index (χ4n) is 2.15. The SMILES string of the molecule is CSCC[C@H](N)C(=O)NCCc1cc(Cl)c2c(c1)OCCO2. The molecule has 1 aliphatic heterocycles. The van der Waals surface area contributed by atoms with Gasteiger partial charge in [0, 0.05) is 6.54 Å². The van der Waals surface area contributed by atoms with Gasteiger partial charge in [-0.15, -0.1) is 0 Å². The van der Waals surface area contributed by atoms with Crippen LogP contribution in [0.1, 0.15) is 12.0 Å². The van der Waals surface area contributed by atoms with Gasteiger partial charge in [0.15, 0.2) is 11.5 Å². The van der Waals surface area contributed by atoms with E-state index in [-0.39, 0.29) is 5.91 Å². The number of nitrogens with one attached hydrogen (secondary N) is 1. The van der Waals surface area contributed by atoms with Crippen LogP contribution in [-0.2, 0) is 11.2 Å². The molecular formula is C15H21ClN2O3S. The molecule has 1 heterocycles. The summed E-state index contributed by atoms with van der Waals surface area (Å²) in [5.74, 6) is 2.03. The Balaban J connectivity index is 1.84. The molecule has 0 radical (unpaired) electrons. The third kappa shape index (κ3) is 4.69. The Hall–Kier alpha value is -1.11. The van der Waals surface area contributed by atoms with Crippen LogP contribution in [0, 0.1) is 0 Å². The van der Waals surface area contributed by atoms with Crippen molar-refractivity contribution in [3.05, 3.63) is 22.7 Å². The second kappa shape index (κ2) is 8.50. The molecule has 0 bridgehead atoms. The van der Waals surface area contributed by atoms with Crippen LogP contribution < -0.4 is 20.5 Å². The van der Waals surface area contributed by atoms with E-state index in [4.69, 9.17) is 26.8 Å². The summed E-state index contributed by atoms with van der Waals surface area (Å²) in [6, 6.07) is 3.30. The summed E-state index contributed by atoms with van der Waals surface area (Å²) in [5, 5.41) is 3.39. The predicted octanol–water partition coefficient (Wildman–Crippen LogP) is 1.85. The number of hydrogen-bond donors (Lipinski definition) is 2. The number of fused-ring (bicyclic) bond motifs is 1. The molecule has 0 saturated carbocycles. The lowest BCUT2D eigenvalue weighted by atomic mass is 10.1. The summed E-state index contributed by atoms with van der Waals surface area (Å²) in [6.45, 7) is 1.55. The third-order valence-electron chi connectivity index (χ3n) is 3.34. The van der Waals surface area contributed by atoms with Gasteiger partial charge >= 0.3 is 0 Å². The first-order valence-corrected chi connectivity index (χ1v) is 8.99. The van der Waals surface area contributed by atoms with Crippen LogP contribution >= 0.6 is 23.4 Å². The van der Waals surface area contributed by atoms with E-state index in [2.05, 4.69) is 5.32 Å². The van der Waals surface area contributed by atoms with E-state index < -0.39 is 6.04 Å². The molecule has 0 fully saturated rings. The number of carbonyl (C=O) groups is 1. The summed E-state index contributed by atoms with van der Waals surface area (Å²) < 4.78 is 11.0. The van der Waals surface area contributed by atoms with Gasteiger partial charge in [-0.3, -0.25) is 4.79 Å². The maximum Gasteiger partial charge on any atom is 0.236 e. The zero-order chi connectivity index (χ0) is 15.9. The normalized spacial score (nSPS) is 14.5. The highest BCUT2D eigenvalue weighted by atomic mass is 35.5. The molecule has 1 aliphatic rings. The van der Waals surface area contributed by atoms with Gasteiger partial charge in [0.25, 0.3) is 0 Å². The molecule has 22 heavy (non-hydrogen) atoms. The summed E-state index contributed by atoms with van der Waals surface area (Å²) in [7, 11) is 0. The minimum atomic E-state index is -0.448. The number of nitrogens with two attached hydrogens (primary N) is 1. The molecule has 3 N–H and O–H groups in total. The minimum Gasteiger partial charge on any atom is -0.486 e. The number of hydrogen-bond acceptors (Lipinski definition) is 5. The maximum atomic E-state index is 11.8. The van der Waals surface area contributed by atoms with Gasteiger partial charge in [-0.1, -0.05) is 11.6 Å². The van der Waals surface area contributed by atoms with E-state index in [1.165, 1.54) is 0 Å². The fourth-order valence-corrected chi connectivity index (χ4v) is 2.92. The second-order valence-electron chi connectivity index (χ2n) is 5.03. The lowest BCUT2D eigenvalue weighted by Crippen LogP contribution is -2.41. The molecular weight excluding hydrogens is 324 g/mol. The number of amides is 1. The Morgan fingerprint density at radius 2 is 2.23 bits per heavy atom. The standard InChI is InChI=1S/C15H21ClN2O3S/c1-22-7-3-12(17)15(19)18-4-2-10-8-11(16)14-13(9-10)20-5-6-21-14/h8-9,12H,2-7,17H2,1H3,(H,18,19)/t12-/m0/s1. The smallest absolute Gasteiger partial charge is 0.236 e. The molecule has 1 aromatic carbocycles. The van der Waals surface area contributed by atoms with Crippen LogP contribution in [0.3, 0.4) is 0 Å². The van der Waals surface area contributed by atoms with E-state index in [1.54, 1.807) is 11.8 Å². The van der Waals surface area contributed by atoms with Crippen LogP contribution in [0.5, 0.6) is 11.5 Å². The zero-order valence-corrected chi connectivity index (χ0v) is 14.1. The van der Waals surface area contributed by atoms with Crippen molar-refractivity contribution in [2.45, 2.75) is 18.9 Å². The third-order valence-corrected chi connectivity index (χ3v) is 4.26.